The van der Waals surface area contributed by atoms with Crippen molar-refractivity contribution in [3.05, 3.63) is 34.5 Å². The van der Waals surface area contributed by atoms with Gasteiger partial charge in [-0.25, -0.2) is 4.99 Å². The highest BCUT2D eigenvalue weighted by Gasteiger charge is 2.20. The van der Waals surface area contributed by atoms with Gasteiger partial charge in [-0.2, -0.15) is 0 Å². The molecule has 0 saturated heterocycles. The molecule has 72 valence electrons. The summed E-state index contributed by atoms with van der Waals surface area (Å²) in [6.07, 6.45) is 9.12. The van der Waals surface area contributed by atoms with Crippen molar-refractivity contribution in [2.75, 3.05) is 6.61 Å². The third-order valence-electron chi connectivity index (χ3n) is 1.97. The zero-order valence-corrected chi connectivity index (χ0v) is 8.98. The van der Waals surface area contributed by atoms with Crippen LogP contribution in [0.3, 0.4) is 0 Å². The molecule has 0 spiro atoms. The quantitative estimate of drug-likeness (QED) is 0.798. The number of halogens is 1. The average Bonchev–Trinajstić information content (AvgIpc) is 2.57. The van der Waals surface area contributed by atoms with Gasteiger partial charge in [0.1, 0.15) is 6.04 Å². The summed E-state index contributed by atoms with van der Waals surface area (Å²) in [6.45, 7) is 0.0347. The van der Waals surface area contributed by atoms with Gasteiger partial charge in [-0.15, -0.1) is 0 Å². The number of aliphatic hydroxyl groups excluding tert-OH is 1. The molecular formula is C10H9BrN2O. The predicted octanol–water partition coefficient (Wildman–Crippen LogP) is 1.61. The normalized spacial score (nSPS) is 24.7. The van der Waals surface area contributed by atoms with Crippen LogP contribution in [0.4, 0.5) is 0 Å². The number of rotatable bonds is 2. The molecule has 14 heavy (non-hydrogen) atoms. The Kier molecular flexibility index (Phi) is 2.74. The van der Waals surface area contributed by atoms with E-state index in [-0.39, 0.29) is 12.6 Å². The van der Waals surface area contributed by atoms with Gasteiger partial charge in [0.2, 0.25) is 0 Å². The molecular weight excluding hydrogens is 244 g/mol. The molecule has 0 aromatic rings. The summed E-state index contributed by atoms with van der Waals surface area (Å²) in [6, 6.07) is 0.0654. The predicted molar refractivity (Wildman–Crippen MR) is 61.0 cm³/mol. The van der Waals surface area contributed by atoms with E-state index in [4.69, 9.17) is 5.11 Å². The first kappa shape index (κ1) is 9.55. The summed E-state index contributed by atoms with van der Waals surface area (Å²) in [5, 5.41) is 8.62. The van der Waals surface area contributed by atoms with E-state index in [0.29, 0.717) is 0 Å². The number of allylic oxidation sites excluding steroid dienone is 3. The minimum absolute atomic E-state index is 0.0347. The molecule has 3 nitrogen and oxygen atoms in total. The second-order valence-electron chi connectivity index (χ2n) is 2.94. The number of aliphatic imine (C=N–C) groups is 2. The molecule has 2 aliphatic heterocycles. The maximum Gasteiger partial charge on any atom is 0.112 e. The first-order valence-electron chi connectivity index (χ1n) is 4.28. The zero-order chi connectivity index (χ0) is 9.97. The molecule has 0 aromatic heterocycles. The van der Waals surface area contributed by atoms with Gasteiger partial charge in [-0.1, -0.05) is 12.2 Å². The lowest BCUT2D eigenvalue weighted by molar-refractivity contribution is 0.343. The van der Waals surface area contributed by atoms with E-state index in [1.54, 1.807) is 18.4 Å². The minimum Gasteiger partial charge on any atom is -0.392 e. The number of dihydropyridines is 1. The highest BCUT2D eigenvalue weighted by atomic mass is 79.9. The van der Waals surface area contributed by atoms with Crippen LogP contribution in [-0.4, -0.2) is 29.7 Å². The first-order valence-corrected chi connectivity index (χ1v) is 5.07. The Labute approximate surface area is 90.4 Å². The van der Waals surface area contributed by atoms with E-state index in [1.165, 1.54) is 0 Å². The van der Waals surface area contributed by atoms with Crippen LogP contribution in [0.1, 0.15) is 0 Å². The Morgan fingerprint density at radius 2 is 2.43 bits per heavy atom. The highest BCUT2D eigenvalue weighted by Crippen LogP contribution is 2.26. The summed E-state index contributed by atoms with van der Waals surface area (Å²) in [4.78, 5) is 8.64. The lowest BCUT2D eigenvalue weighted by Gasteiger charge is -2.09. The van der Waals surface area contributed by atoms with E-state index in [9.17, 15) is 0 Å². The fourth-order valence-electron chi connectivity index (χ4n) is 1.32. The van der Waals surface area contributed by atoms with E-state index in [2.05, 4.69) is 25.9 Å². The van der Waals surface area contributed by atoms with E-state index in [1.807, 2.05) is 12.2 Å². The maximum absolute atomic E-state index is 8.62. The van der Waals surface area contributed by atoms with Gasteiger partial charge in [0.25, 0.3) is 0 Å². The summed E-state index contributed by atoms with van der Waals surface area (Å²) in [7, 11) is 0. The van der Waals surface area contributed by atoms with Crippen molar-refractivity contribution < 1.29 is 5.11 Å². The maximum atomic E-state index is 8.62. The van der Waals surface area contributed by atoms with Crippen LogP contribution in [0, 0.1) is 0 Å². The monoisotopic (exact) mass is 252 g/mol. The van der Waals surface area contributed by atoms with Crippen LogP contribution < -0.4 is 0 Å². The molecule has 1 atom stereocenters. The van der Waals surface area contributed by atoms with Crippen LogP contribution in [0.5, 0.6) is 0 Å². The number of hydrogen-bond donors (Lipinski definition) is 1. The summed E-state index contributed by atoms with van der Waals surface area (Å²) >= 11 is 3.39. The van der Waals surface area contributed by atoms with Crippen LogP contribution in [0.2, 0.25) is 0 Å². The Balaban J connectivity index is 2.25. The fraction of sp³-hybridized carbons (Fsp3) is 0.200. The van der Waals surface area contributed by atoms with Gasteiger partial charge in [0.05, 0.1) is 22.5 Å². The largest absolute Gasteiger partial charge is 0.392 e. The van der Waals surface area contributed by atoms with Crippen molar-refractivity contribution in [2.24, 2.45) is 9.98 Å². The molecule has 2 aliphatic rings. The van der Waals surface area contributed by atoms with E-state index in [0.717, 1.165) is 15.9 Å². The Morgan fingerprint density at radius 3 is 3.21 bits per heavy atom. The molecule has 0 amide bonds. The minimum atomic E-state index is 0.0347. The third-order valence-corrected chi connectivity index (χ3v) is 2.58. The van der Waals surface area contributed by atoms with E-state index >= 15 is 0 Å². The zero-order valence-electron chi connectivity index (χ0n) is 7.39. The molecule has 1 unspecified atom stereocenters. The topological polar surface area (TPSA) is 45.0 Å². The van der Waals surface area contributed by atoms with Crippen LogP contribution in [-0.2, 0) is 0 Å². The second-order valence-corrected chi connectivity index (χ2v) is 3.79. The lowest BCUT2D eigenvalue weighted by atomic mass is 10.1. The smallest absolute Gasteiger partial charge is 0.112 e. The molecule has 0 aromatic carbocycles. The van der Waals surface area contributed by atoms with Gasteiger partial charge >= 0.3 is 0 Å². The Bertz CT molecular complexity index is 391. The molecule has 2 rings (SSSR count). The lowest BCUT2D eigenvalue weighted by Crippen LogP contribution is -2.07. The molecule has 0 radical (unpaired) electrons. The van der Waals surface area contributed by atoms with Gasteiger partial charge in [0, 0.05) is 6.21 Å². The van der Waals surface area contributed by atoms with Gasteiger partial charge in [0.15, 0.2) is 0 Å². The summed E-state index contributed by atoms with van der Waals surface area (Å²) in [5.41, 5.74) is 1.78. The van der Waals surface area contributed by atoms with Crippen molar-refractivity contribution in [2.45, 2.75) is 6.04 Å². The van der Waals surface area contributed by atoms with Crippen molar-refractivity contribution in [3.63, 3.8) is 0 Å². The first-order chi connectivity index (χ1) is 6.81. The molecule has 1 N–H and O–H groups in total. The van der Waals surface area contributed by atoms with Crippen molar-refractivity contribution in [1.29, 1.82) is 0 Å². The molecule has 2 heterocycles. The number of fused-ring (bicyclic) bond motifs is 1. The molecule has 0 aliphatic carbocycles. The third kappa shape index (κ3) is 1.76. The molecule has 4 heteroatoms. The highest BCUT2D eigenvalue weighted by molar-refractivity contribution is 9.12. The van der Waals surface area contributed by atoms with Crippen LogP contribution >= 0.6 is 15.9 Å². The summed E-state index contributed by atoms with van der Waals surface area (Å²) < 4.78 is 0.932. The van der Waals surface area contributed by atoms with Crippen LogP contribution in [0.15, 0.2) is 44.5 Å². The molecule has 0 bridgehead atoms. The SMILES string of the molecule is OC/C=C/C1=NC2=C(Br)C=NC2C=C1. The number of nitrogens with zero attached hydrogens (tertiary/aromatic N) is 2. The number of aliphatic hydroxyl groups is 1. The van der Waals surface area contributed by atoms with E-state index < -0.39 is 0 Å². The fourth-order valence-corrected chi connectivity index (χ4v) is 1.76. The molecule has 0 fully saturated rings. The second kappa shape index (κ2) is 4.02. The van der Waals surface area contributed by atoms with Gasteiger partial charge in [-0.3, -0.25) is 4.99 Å². The van der Waals surface area contributed by atoms with Gasteiger partial charge in [-0.05, 0) is 28.1 Å². The summed E-state index contributed by atoms with van der Waals surface area (Å²) in [5.74, 6) is 0. The Morgan fingerprint density at radius 1 is 1.57 bits per heavy atom. The van der Waals surface area contributed by atoms with Crippen molar-refractivity contribution in [1.82, 2.24) is 0 Å². The Hall–Kier alpha value is -1.00. The number of hydrogen-bond acceptors (Lipinski definition) is 3. The molecule has 0 saturated carbocycles. The van der Waals surface area contributed by atoms with Crippen molar-refractivity contribution in [3.8, 4) is 0 Å². The van der Waals surface area contributed by atoms with Crippen molar-refractivity contribution >= 4 is 27.9 Å². The van der Waals surface area contributed by atoms with Gasteiger partial charge < -0.3 is 5.11 Å². The standard InChI is InChI=1S/C10H9BrN2O/c11-8-6-12-9-4-3-7(2-1-5-14)13-10(8)9/h1-4,6,9,14H,5H2/b2-1+. The average molecular weight is 253 g/mol. The van der Waals surface area contributed by atoms with Crippen LogP contribution in [0.25, 0.3) is 0 Å².